The van der Waals surface area contributed by atoms with Crippen LogP contribution in [0.5, 0.6) is 0 Å². The molecule has 1 aromatic heterocycles. The van der Waals surface area contributed by atoms with E-state index in [1.54, 1.807) is 28.8 Å². The highest BCUT2D eigenvalue weighted by Crippen LogP contribution is 2.47. The Balaban J connectivity index is 1.85. The van der Waals surface area contributed by atoms with E-state index in [0.717, 1.165) is 22.2 Å². The van der Waals surface area contributed by atoms with Crippen molar-refractivity contribution in [2.45, 2.75) is 42.9 Å². The number of hydrogen-bond donors (Lipinski definition) is 1. The summed E-state index contributed by atoms with van der Waals surface area (Å²) in [4.78, 5) is 14.7. The Morgan fingerprint density at radius 3 is 2.80 bits per heavy atom. The number of anilines is 1. The molecule has 2 aliphatic rings. The minimum atomic E-state index is -0.600. The Kier molecular flexibility index (Phi) is 5.88. The highest BCUT2D eigenvalue weighted by Gasteiger charge is 2.41. The molecule has 6 nitrogen and oxygen atoms in total. The van der Waals surface area contributed by atoms with Gasteiger partial charge in [-0.3, -0.25) is 9.69 Å². The van der Waals surface area contributed by atoms with Crippen LogP contribution in [0.25, 0.3) is 0 Å². The lowest BCUT2D eigenvalue weighted by Gasteiger charge is -2.38. The van der Waals surface area contributed by atoms with Crippen molar-refractivity contribution in [3.05, 3.63) is 58.3 Å². The first kappa shape index (κ1) is 20.6. The second-order valence-electron chi connectivity index (χ2n) is 7.07. The van der Waals surface area contributed by atoms with Gasteiger partial charge in [-0.25, -0.2) is 4.39 Å². The second kappa shape index (κ2) is 8.58. The van der Waals surface area contributed by atoms with Crippen LogP contribution in [-0.2, 0) is 4.79 Å². The number of Topliss-reactive ketones (excluding diaryl/α,β-unsaturated/α-hetero) is 1. The molecule has 0 bridgehead atoms. The van der Waals surface area contributed by atoms with Gasteiger partial charge in [0.15, 0.2) is 10.1 Å². The summed E-state index contributed by atoms with van der Waals surface area (Å²) in [5.41, 5.74) is 8.74. The van der Waals surface area contributed by atoms with Gasteiger partial charge in [-0.2, -0.15) is 5.26 Å². The van der Waals surface area contributed by atoms with Gasteiger partial charge < -0.3 is 5.73 Å². The van der Waals surface area contributed by atoms with E-state index < -0.39 is 5.92 Å². The first-order chi connectivity index (χ1) is 14.5. The zero-order valence-electron chi connectivity index (χ0n) is 16.4. The maximum absolute atomic E-state index is 13.5. The SMILES string of the molecule is CCCSc1nnc(N2C(N)=C(C#N)C(c3ccc(F)cc3)C3=C2CCCC3=O)s1. The monoisotopic (exact) mass is 441 g/mol. The lowest BCUT2D eigenvalue weighted by Crippen LogP contribution is -2.38. The molecule has 1 atom stereocenters. The highest BCUT2D eigenvalue weighted by atomic mass is 32.2. The van der Waals surface area contributed by atoms with E-state index >= 15 is 0 Å². The standard InChI is InChI=1S/C21H20FN5OS2/c1-2-10-29-21-26-25-20(30-21)27-15-4-3-5-16(28)18(15)17(14(11-23)19(27)24)12-6-8-13(22)9-7-12/h6-9,17H,2-5,10,24H2,1H3. The fraction of sp³-hybridized carbons (Fsp3) is 0.333. The molecule has 30 heavy (non-hydrogen) atoms. The van der Waals surface area contributed by atoms with E-state index in [1.807, 2.05) is 0 Å². The van der Waals surface area contributed by atoms with Crippen molar-refractivity contribution in [3.63, 3.8) is 0 Å². The number of rotatable bonds is 5. The molecule has 2 N–H and O–H groups in total. The quantitative estimate of drug-likeness (QED) is 0.683. The lowest BCUT2D eigenvalue weighted by atomic mass is 9.76. The van der Waals surface area contributed by atoms with Crippen molar-refractivity contribution in [2.24, 2.45) is 5.73 Å². The van der Waals surface area contributed by atoms with Crippen LogP contribution in [0.3, 0.4) is 0 Å². The fourth-order valence-electron chi connectivity index (χ4n) is 3.83. The van der Waals surface area contributed by atoms with E-state index in [4.69, 9.17) is 5.73 Å². The van der Waals surface area contributed by atoms with E-state index in [0.29, 0.717) is 35.5 Å². The zero-order chi connectivity index (χ0) is 21.3. The molecule has 9 heteroatoms. The van der Waals surface area contributed by atoms with Crippen LogP contribution in [0.1, 0.15) is 44.1 Å². The van der Waals surface area contributed by atoms with Crippen molar-refractivity contribution < 1.29 is 9.18 Å². The summed E-state index contributed by atoms with van der Waals surface area (Å²) in [5.74, 6) is 0.199. The van der Waals surface area contributed by atoms with Gasteiger partial charge >= 0.3 is 0 Å². The Labute approximate surface area is 182 Å². The topological polar surface area (TPSA) is 95.9 Å². The molecule has 0 fully saturated rings. The number of allylic oxidation sites excluding steroid dienone is 3. The highest BCUT2D eigenvalue weighted by molar-refractivity contribution is 8.01. The number of nitriles is 1. The average Bonchev–Trinajstić information content (AvgIpc) is 3.20. The van der Waals surface area contributed by atoms with Gasteiger partial charge in [-0.15, -0.1) is 10.2 Å². The fourth-order valence-corrected chi connectivity index (χ4v) is 5.64. The normalized spacial score (nSPS) is 19.2. The minimum absolute atomic E-state index is 0.0130. The summed E-state index contributed by atoms with van der Waals surface area (Å²) in [7, 11) is 0. The molecule has 0 saturated carbocycles. The van der Waals surface area contributed by atoms with Crippen molar-refractivity contribution in [1.29, 1.82) is 5.26 Å². The maximum atomic E-state index is 13.5. The van der Waals surface area contributed by atoms with Crippen LogP contribution in [-0.4, -0.2) is 21.7 Å². The molecule has 2 aromatic rings. The number of ketones is 1. The lowest BCUT2D eigenvalue weighted by molar-refractivity contribution is -0.116. The van der Waals surface area contributed by atoms with Gasteiger partial charge in [0.1, 0.15) is 11.6 Å². The first-order valence-electron chi connectivity index (χ1n) is 9.73. The molecule has 1 aliphatic carbocycles. The number of nitrogens with two attached hydrogens (primary N) is 1. The predicted octanol–water partition coefficient (Wildman–Crippen LogP) is 4.48. The van der Waals surface area contributed by atoms with Gasteiger partial charge in [-0.05, 0) is 37.0 Å². The number of halogens is 1. The minimum Gasteiger partial charge on any atom is -0.384 e. The van der Waals surface area contributed by atoms with Gasteiger partial charge in [-0.1, -0.05) is 42.2 Å². The second-order valence-corrected chi connectivity index (χ2v) is 9.36. The molecule has 2 heterocycles. The van der Waals surface area contributed by atoms with Crippen molar-refractivity contribution in [2.75, 3.05) is 10.7 Å². The van der Waals surface area contributed by atoms with Crippen LogP contribution in [0.4, 0.5) is 9.52 Å². The summed E-state index contributed by atoms with van der Waals surface area (Å²) in [6.45, 7) is 2.10. The molecule has 0 amide bonds. The molecular weight excluding hydrogens is 421 g/mol. The summed E-state index contributed by atoms with van der Waals surface area (Å²) in [6.07, 6.45) is 2.79. The van der Waals surface area contributed by atoms with Crippen molar-refractivity contribution in [3.8, 4) is 6.07 Å². The molecule has 1 unspecified atom stereocenters. The number of nitrogens with zero attached hydrogens (tertiary/aromatic N) is 4. The third kappa shape index (κ3) is 3.61. The van der Waals surface area contributed by atoms with Crippen molar-refractivity contribution >= 4 is 34.0 Å². The third-order valence-corrected chi connectivity index (χ3v) is 7.38. The molecule has 4 rings (SSSR count). The van der Waals surface area contributed by atoms with E-state index in [-0.39, 0.29) is 23.0 Å². The Morgan fingerprint density at radius 2 is 2.10 bits per heavy atom. The smallest absolute Gasteiger partial charge is 0.219 e. The molecule has 0 spiro atoms. The number of benzene rings is 1. The van der Waals surface area contributed by atoms with E-state index in [9.17, 15) is 14.4 Å². The van der Waals surface area contributed by atoms with Gasteiger partial charge in [0.25, 0.3) is 0 Å². The van der Waals surface area contributed by atoms with Crippen LogP contribution >= 0.6 is 23.1 Å². The summed E-state index contributed by atoms with van der Waals surface area (Å²) in [6, 6.07) is 8.08. The summed E-state index contributed by atoms with van der Waals surface area (Å²) in [5, 5.41) is 19.0. The van der Waals surface area contributed by atoms with Gasteiger partial charge in [0.05, 0.1) is 17.6 Å². The number of carbonyl (C=O) groups is 1. The first-order valence-corrected chi connectivity index (χ1v) is 11.5. The number of thioether (sulfide) groups is 1. The predicted molar refractivity (Wildman–Crippen MR) is 115 cm³/mol. The average molecular weight is 442 g/mol. The van der Waals surface area contributed by atoms with E-state index in [1.165, 1.54) is 23.5 Å². The summed E-state index contributed by atoms with van der Waals surface area (Å²) >= 11 is 3.02. The Morgan fingerprint density at radius 1 is 1.33 bits per heavy atom. The Hall–Kier alpha value is -2.70. The molecule has 0 saturated heterocycles. The molecular formula is C21H20FN5OS2. The van der Waals surface area contributed by atoms with Gasteiger partial charge in [0, 0.05) is 23.4 Å². The summed E-state index contributed by atoms with van der Waals surface area (Å²) < 4.78 is 14.3. The van der Waals surface area contributed by atoms with Crippen LogP contribution < -0.4 is 10.6 Å². The molecule has 0 radical (unpaired) electrons. The zero-order valence-corrected chi connectivity index (χ0v) is 18.0. The largest absolute Gasteiger partial charge is 0.384 e. The van der Waals surface area contributed by atoms with Crippen LogP contribution in [0, 0.1) is 17.1 Å². The third-order valence-electron chi connectivity index (χ3n) is 5.13. The maximum Gasteiger partial charge on any atom is 0.219 e. The van der Waals surface area contributed by atoms with Crippen molar-refractivity contribution in [1.82, 2.24) is 10.2 Å². The molecule has 1 aromatic carbocycles. The number of hydrogen-bond acceptors (Lipinski definition) is 8. The number of carbonyl (C=O) groups excluding carboxylic acids is 1. The van der Waals surface area contributed by atoms with Gasteiger partial charge in [0.2, 0.25) is 5.13 Å². The molecule has 154 valence electrons. The molecule has 1 aliphatic heterocycles. The van der Waals surface area contributed by atoms with E-state index in [2.05, 4.69) is 23.2 Å². The van der Waals surface area contributed by atoms with Crippen LogP contribution in [0.15, 0.2) is 51.3 Å². The van der Waals surface area contributed by atoms with Crippen LogP contribution in [0.2, 0.25) is 0 Å². The number of aromatic nitrogens is 2. The Bertz CT molecular complexity index is 1080.